The monoisotopic (exact) mass is 400 g/mol. The van der Waals surface area contributed by atoms with Gasteiger partial charge >= 0.3 is 0 Å². The Kier molecular flexibility index (Phi) is 5.36. The van der Waals surface area contributed by atoms with Crippen molar-refractivity contribution in [2.45, 2.75) is 64.7 Å². The Hall–Kier alpha value is -2.74. The van der Waals surface area contributed by atoms with Crippen LogP contribution in [0.3, 0.4) is 0 Å². The van der Waals surface area contributed by atoms with Gasteiger partial charge in [0.25, 0.3) is 0 Å². The topological polar surface area (TPSA) is 40.5 Å². The predicted octanol–water partition coefficient (Wildman–Crippen LogP) is 6.98. The van der Waals surface area contributed by atoms with Crippen molar-refractivity contribution >= 4 is 0 Å². The summed E-state index contributed by atoms with van der Waals surface area (Å²) in [5, 5.41) is 20.7. The smallest absolute Gasteiger partial charge is 0.121 e. The lowest BCUT2D eigenvalue weighted by Crippen LogP contribution is -2.33. The summed E-state index contributed by atoms with van der Waals surface area (Å²) in [7, 11) is 0. The highest BCUT2D eigenvalue weighted by atomic mass is 16.3. The first kappa shape index (κ1) is 20.5. The number of benzene rings is 3. The van der Waals surface area contributed by atoms with Crippen molar-refractivity contribution in [3.05, 3.63) is 93.5 Å². The summed E-state index contributed by atoms with van der Waals surface area (Å²) < 4.78 is 0. The molecule has 4 rings (SSSR count). The second-order valence-corrected chi connectivity index (χ2v) is 9.18. The molecule has 0 aliphatic heterocycles. The van der Waals surface area contributed by atoms with E-state index in [1.165, 1.54) is 16.7 Å². The van der Waals surface area contributed by atoms with Crippen LogP contribution < -0.4 is 0 Å². The first-order valence-electron chi connectivity index (χ1n) is 11.0. The van der Waals surface area contributed by atoms with Crippen molar-refractivity contribution in [2.24, 2.45) is 0 Å². The van der Waals surface area contributed by atoms with Gasteiger partial charge < -0.3 is 10.2 Å². The maximum atomic E-state index is 10.4. The zero-order valence-electron chi connectivity index (χ0n) is 18.5. The molecule has 0 amide bonds. The molecule has 0 aromatic heterocycles. The molecule has 156 valence electrons. The fourth-order valence-corrected chi connectivity index (χ4v) is 5.38. The molecule has 2 N–H and O–H groups in total. The molecule has 1 aliphatic rings. The van der Waals surface area contributed by atoms with Gasteiger partial charge in [-0.2, -0.15) is 0 Å². The molecule has 2 nitrogen and oxygen atoms in total. The van der Waals surface area contributed by atoms with Crippen LogP contribution in [0, 0.1) is 27.7 Å². The van der Waals surface area contributed by atoms with E-state index in [1.54, 1.807) is 0 Å². The molecule has 0 unspecified atom stereocenters. The van der Waals surface area contributed by atoms with E-state index in [9.17, 15) is 10.2 Å². The molecule has 1 aliphatic carbocycles. The Morgan fingerprint density at radius 2 is 1.07 bits per heavy atom. The van der Waals surface area contributed by atoms with E-state index < -0.39 is 0 Å². The fourth-order valence-electron chi connectivity index (χ4n) is 5.38. The van der Waals surface area contributed by atoms with Crippen LogP contribution >= 0.6 is 0 Å². The van der Waals surface area contributed by atoms with E-state index >= 15 is 0 Å². The number of hydrogen-bond acceptors (Lipinski definition) is 2. The van der Waals surface area contributed by atoms with Crippen LogP contribution in [-0.4, -0.2) is 10.2 Å². The van der Waals surface area contributed by atoms with Gasteiger partial charge in [0.05, 0.1) is 0 Å². The molecule has 1 fully saturated rings. The number of hydrogen-bond donors (Lipinski definition) is 2. The summed E-state index contributed by atoms with van der Waals surface area (Å²) in [4.78, 5) is 0. The number of aryl methyl sites for hydroxylation is 4. The molecular weight excluding hydrogens is 368 g/mol. The summed E-state index contributed by atoms with van der Waals surface area (Å²) in [5.41, 5.74) is 7.63. The van der Waals surface area contributed by atoms with Crippen molar-refractivity contribution in [3.8, 4) is 11.5 Å². The first-order valence-corrected chi connectivity index (χ1v) is 11.0. The molecule has 0 bridgehead atoms. The van der Waals surface area contributed by atoms with E-state index in [2.05, 4.69) is 54.6 Å². The van der Waals surface area contributed by atoms with Crippen LogP contribution in [0.2, 0.25) is 0 Å². The molecule has 3 aromatic rings. The van der Waals surface area contributed by atoms with Gasteiger partial charge in [-0.25, -0.2) is 0 Å². The molecule has 0 heterocycles. The van der Waals surface area contributed by atoms with Crippen molar-refractivity contribution in [2.75, 3.05) is 0 Å². The third kappa shape index (κ3) is 3.49. The highest BCUT2D eigenvalue weighted by Crippen LogP contribution is 2.50. The fraction of sp³-hybridized carbons (Fsp3) is 0.357. The molecule has 0 spiro atoms. The Morgan fingerprint density at radius 1 is 0.667 bits per heavy atom. The molecule has 2 heteroatoms. The van der Waals surface area contributed by atoms with Gasteiger partial charge in [-0.15, -0.1) is 0 Å². The van der Waals surface area contributed by atoms with E-state index in [1.807, 2.05) is 27.7 Å². The summed E-state index contributed by atoms with van der Waals surface area (Å²) in [6.07, 6.45) is 4.36. The lowest BCUT2D eigenvalue weighted by atomic mass is 9.61. The van der Waals surface area contributed by atoms with Gasteiger partial charge in [-0.3, -0.25) is 0 Å². The Labute approximate surface area is 180 Å². The Bertz CT molecular complexity index is 952. The number of phenols is 2. The van der Waals surface area contributed by atoms with Crippen LogP contribution in [0.15, 0.2) is 54.6 Å². The normalized spacial score (nSPS) is 16.5. The van der Waals surface area contributed by atoms with Crippen LogP contribution in [0.4, 0.5) is 0 Å². The lowest BCUT2D eigenvalue weighted by Gasteiger charge is -2.42. The Balaban J connectivity index is 1.81. The highest BCUT2D eigenvalue weighted by molar-refractivity contribution is 5.52. The van der Waals surface area contributed by atoms with Crippen molar-refractivity contribution in [1.29, 1.82) is 0 Å². The van der Waals surface area contributed by atoms with Crippen LogP contribution in [0.1, 0.15) is 70.5 Å². The van der Waals surface area contributed by atoms with Gasteiger partial charge in [0.15, 0.2) is 0 Å². The molecule has 0 atom stereocenters. The number of phenolic OH excluding ortho intramolecular Hbond substituents is 2. The maximum absolute atomic E-state index is 10.4. The Morgan fingerprint density at radius 3 is 1.47 bits per heavy atom. The minimum atomic E-state index is -0.0995. The summed E-state index contributed by atoms with van der Waals surface area (Å²) in [5.74, 6) is 1.37. The summed E-state index contributed by atoms with van der Waals surface area (Å²) in [6.45, 7) is 7.95. The van der Waals surface area contributed by atoms with Gasteiger partial charge in [0, 0.05) is 5.41 Å². The van der Waals surface area contributed by atoms with Crippen LogP contribution in [-0.2, 0) is 5.41 Å². The number of rotatable bonds is 3. The minimum absolute atomic E-state index is 0.0995. The average molecular weight is 401 g/mol. The second kappa shape index (κ2) is 7.83. The number of aromatic hydroxyl groups is 2. The van der Waals surface area contributed by atoms with Crippen molar-refractivity contribution < 1.29 is 10.2 Å². The summed E-state index contributed by atoms with van der Waals surface area (Å²) >= 11 is 0. The van der Waals surface area contributed by atoms with Crippen LogP contribution in [0.25, 0.3) is 0 Å². The van der Waals surface area contributed by atoms with Gasteiger partial charge in [0.1, 0.15) is 11.5 Å². The first-order chi connectivity index (χ1) is 14.3. The molecule has 3 aromatic carbocycles. The minimum Gasteiger partial charge on any atom is -0.507 e. The van der Waals surface area contributed by atoms with Crippen LogP contribution in [0.5, 0.6) is 11.5 Å². The van der Waals surface area contributed by atoms with Gasteiger partial charge in [-0.1, -0.05) is 54.6 Å². The zero-order valence-corrected chi connectivity index (χ0v) is 18.5. The van der Waals surface area contributed by atoms with Gasteiger partial charge in [-0.05, 0) is 98.2 Å². The second-order valence-electron chi connectivity index (χ2n) is 9.18. The van der Waals surface area contributed by atoms with E-state index in [0.717, 1.165) is 47.9 Å². The summed E-state index contributed by atoms with van der Waals surface area (Å²) in [6, 6.07) is 19.5. The van der Waals surface area contributed by atoms with Crippen molar-refractivity contribution in [1.82, 2.24) is 0 Å². The van der Waals surface area contributed by atoms with E-state index in [0.29, 0.717) is 17.4 Å². The largest absolute Gasteiger partial charge is 0.507 e. The maximum Gasteiger partial charge on any atom is 0.121 e. The molecule has 0 radical (unpaired) electrons. The molecule has 0 saturated heterocycles. The molecular formula is C28H32O2. The van der Waals surface area contributed by atoms with Crippen molar-refractivity contribution in [3.63, 3.8) is 0 Å². The third-order valence-corrected chi connectivity index (χ3v) is 7.20. The van der Waals surface area contributed by atoms with Gasteiger partial charge in [0.2, 0.25) is 0 Å². The lowest BCUT2D eigenvalue weighted by molar-refractivity contribution is 0.314. The predicted molar refractivity (Wildman–Crippen MR) is 124 cm³/mol. The molecule has 1 saturated carbocycles. The SMILES string of the molecule is Cc1cc(C2(c3cc(C)c(O)c(C)c3)CCC(c3ccccc3)CC2)cc(C)c1O. The quantitative estimate of drug-likeness (QED) is 0.498. The average Bonchev–Trinajstić information content (AvgIpc) is 2.75. The highest BCUT2D eigenvalue weighted by Gasteiger charge is 2.39. The standard InChI is InChI=1S/C28H32O2/c1-18-14-24(15-19(2)26(18)29)28(25-16-20(3)27(30)21(4)17-25)12-10-23(11-13-28)22-8-6-5-7-9-22/h5-9,14-17,23,29-30H,10-13H2,1-4H3. The molecule has 30 heavy (non-hydrogen) atoms. The van der Waals surface area contributed by atoms with E-state index in [-0.39, 0.29) is 5.41 Å². The zero-order chi connectivity index (χ0) is 21.5. The van der Waals surface area contributed by atoms with E-state index in [4.69, 9.17) is 0 Å². The third-order valence-electron chi connectivity index (χ3n) is 7.20.